The zero-order valence-corrected chi connectivity index (χ0v) is 9.65. The van der Waals surface area contributed by atoms with Crippen molar-refractivity contribution >= 4 is 11.6 Å². The Morgan fingerprint density at radius 2 is 1.74 bits per heavy atom. The molecule has 1 amide bonds. The van der Waals surface area contributed by atoms with Crippen molar-refractivity contribution in [2.75, 3.05) is 5.32 Å². The van der Waals surface area contributed by atoms with Crippen molar-refractivity contribution in [3.8, 4) is 6.07 Å². The fraction of sp³-hybridized carbons (Fsp3) is 0. The molecular formula is C14H8F2N2O. The first kappa shape index (κ1) is 12.7. The maximum atomic E-state index is 13.0. The van der Waals surface area contributed by atoms with Crippen LogP contribution >= 0.6 is 0 Å². The summed E-state index contributed by atoms with van der Waals surface area (Å²) in [6.07, 6.45) is 0. The SMILES string of the molecule is N#Cc1ccc(C(=O)Nc2ccc(F)c(F)c2)cc1. The Morgan fingerprint density at radius 1 is 1.05 bits per heavy atom. The molecule has 1 N–H and O–H groups in total. The predicted octanol–water partition coefficient (Wildman–Crippen LogP) is 3.09. The molecule has 0 spiro atoms. The Hall–Kier alpha value is -2.74. The lowest BCUT2D eigenvalue weighted by molar-refractivity contribution is 0.102. The van der Waals surface area contributed by atoms with E-state index in [1.165, 1.54) is 30.3 Å². The Kier molecular flexibility index (Phi) is 3.53. The van der Waals surface area contributed by atoms with Crippen molar-refractivity contribution < 1.29 is 13.6 Å². The quantitative estimate of drug-likeness (QED) is 0.899. The zero-order valence-electron chi connectivity index (χ0n) is 9.65. The lowest BCUT2D eigenvalue weighted by Crippen LogP contribution is -2.12. The number of carbonyl (C=O) groups is 1. The molecule has 19 heavy (non-hydrogen) atoms. The van der Waals surface area contributed by atoms with Gasteiger partial charge in [-0.25, -0.2) is 8.78 Å². The van der Waals surface area contributed by atoms with Crippen molar-refractivity contribution in [1.82, 2.24) is 0 Å². The second kappa shape index (κ2) is 5.27. The lowest BCUT2D eigenvalue weighted by Gasteiger charge is -2.05. The van der Waals surface area contributed by atoms with E-state index in [1.54, 1.807) is 0 Å². The number of hydrogen-bond acceptors (Lipinski definition) is 2. The molecule has 0 bridgehead atoms. The summed E-state index contributed by atoms with van der Waals surface area (Å²) in [6, 6.07) is 11.0. The van der Waals surface area contributed by atoms with Gasteiger partial charge in [-0.05, 0) is 36.4 Å². The number of nitrogens with zero attached hydrogens (tertiary/aromatic N) is 1. The maximum absolute atomic E-state index is 13.0. The number of rotatable bonds is 2. The van der Waals surface area contributed by atoms with Crippen molar-refractivity contribution in [1.29, 1.82) is 5.26 Å². The van der Waals surface area contributed by atoms with Gasteiger partial charge in [0.25, 0.3) is 5.91 Å². The van der Waals surface area contributed by atoms with Crippen molar-refractivity contribution in [2.24, 2.45) is 0 Å². The summed E-state index contributed by atoms with van der Waals surface area (Å²) >= 11 is 0. The standard InChI is InChI=1S/C14H8F2N2O/c15-12-6-5-11(7-13(12)16)18-14(19)10-3-1-9(8-17)2-4-10/h1-7H,(H,18,19). The lowest BCUT2D eigenvalue weighted by atomic mass is 10.1. The van der Waals surface area contributed by atoms with Gasteiger partial charge in [0.15, 0.2) is 11.6 Å². The van der Waals surface area contributed by atoms with Gasteiger partial charge in [0.1, 0.15) is 0 Å². The minimum absolute atomic E-state index is 0.160. The third-order valence-corrected chi connectivity index (χ3v) is 2.45. The smallest absolute Gasteiger partial charge is 0.255 e. The highest BCUT2D eigenvalue weighted by atomic mass is 19.2. The molecule has 2 aromatic rings. The molecule has 0 radical (unpaired) electrons. The highest BCUT2D eigenvalue weighted by Crippen LogP contribution is 2.14. The van der Waals surface area contributed by atoms with Crippen LogP contribution in [0.5, 0.6) is 0 Å². The molecule has 0 heterocycles. The van der Waals surface area contributed by atoms with Crippen LogP contribution < -0.4 is 5.32 Å². The van der Waals surface area contributed by atoms with E-state index in [1.807, 2.05) is 6.07 Å². The summed E-state index contributed by atoms with van der Waals surface area (Å²) in [5.41, 5.74) is 0.918. The number of anilines is 1. The van der Waals surface area contributed by atoms with Crippen molar-refractivity contribution in [3.05, 3.63) is 65.2 Å². The Morgan fingerprint density at radius 3 is 2.32 bits per heavy atom. The van der Waals surface area contributed by atoms with Crippen LogP contribution in [-0.2, 0) is 0 Å². The van der Waals surface area contributed by atoms with Crippen molar-refractivity contribution in [2.45, 2.75) is 0 Å². The molecule has 0 atom stereocenters. The van der Waals surface area contributed by atoms with Crippen LogP contribution in [0, 0.1) is 23.0 Å². The molecule has 2 aromatic carbocycles. The molecule has 0 fully saturated rings. The van der Waals surface area contributed by atoms with Crippen LogP contribution in [0.3, 0.4) is 0 Å². The first-order valence-electron chi connectivity index (χ1n) is 5.37. The molecule has 5 heteroatoms. The largest absolute Gasteiger partial charge is 0.322 e. The molecule has 94 valence electrons. The third-order valence-electron chi connectivity index (χ3n) is 2.45. The third kappa shape index (κ3) is 2.93. The second-order valence-corrected chi connectivity index (χ2v) is 3.77. The van der Waals surface area contributed by atoms with Gasteiger partial charge in [-0.3, -0.25) is 4.79 Å². The van der Waals surface area contributed by atoms with E-state index >= 15 is 0 Å². The van der Waals surface area contributed by atoms with Gasteiger partial charge in [0, 0.05) is 17.3 Å². The van der Waals surface area contributed by atoms with Gasteiger partial charge in [-0.15, -0.1) is 0 Å². The number of amides is 1. The van der Waals surface area contributed by atoms with Gasteiger partial charge in [0.05, 0.1) is 11.6 Å². The number of nitrogens with one attached hydrogen (secondary N) is 1. The van der Waals surface area contributed by atoms with Gasteiger partial charge >= 0.3 is 0 Å². The molecule has 2 rings (SSSR count). The van der Waals surface area contributed by atoms with Crippen LogP contribution in [0.25, 0.3) is 0 Å². The zero-order chi connectivity index (χ0) is 13.8. The van der Waals surface area contributed by atoms with E-state index in [9.17, 15) is 13.6 Å². The number of nitriles is 1. The molecular weight excluding hydrogens is 250 g/mol. The fourth-order valence-electron chi connectivity index (χ4n) is 1.47. The molecule has 0 aliphatic rings. The van der Waals surface area contributed by atoms with E-state index in [4.69, 9.17) is 5.26 Å². The number of carbonyl (C=O) groups excluding carboxylic acids is 1. The Balaban J connectivity index is 2.16. The average Bonchev–Trinajstić information content (AvgIpc) is 2.43. The van der Waals surface area contributed by atoms with Crippen molar-refractivity contribution in [3.63, 3.8) is 0 Å². The first-order valence-corrected chi connectivity index (χ1v) is 5.37. The molecule has 3 nitrogen and oxygen atoms in total. The molecule has 0 aromatic heterocycles. The molecule has 0 saturated heterocycles. The van der Waals surface area contributed by atoms with E-state index < -0.39 is 17.5 Å². The molecule has 0 unspecified atom stereocenters. The number of hydrogen-bond donors (Lipinski definition) is 1. The van der Waals surface area contributed by atoms with Crippen LogP contribution in [-0.4, -0.2) is 5.91 Å². The van der Waals surface area contributed by atoms with E-state index in [0.717, 1.165) is 12.1 Å². The second-order valence-electron chi connectivity index (χ2n) is 3.77. The fourth-order valence-corrected chi connectivity index (χ4v) is 1.47. The summed E-state index contributed by atoms with van der Waals surface area (Å²) in [5.74, 6) is -2.47. The summed E-state index contributed by atoms with van der Waals surface area (Å²) in [6.45, 7) is 0. The highest BCUT2D eigenvalue weighted by molar-refractivity contribution is 6.04. The normalized spacial score (nSPS) is 9.74. The van der Waals surface area contributed by atoms with Crippen LogP contribution in [0.15, 0.2) is 42.5 Å². The number of benzene rings is 2. The van der Waals surface area contributed by atoms with Gasteiger partial charge in [-0.1, -0.05) is 0 Å². The summed E-state index contributed by atoms with van der Waals surface area (Å²) in [7, 11) is 0. The highest BCUT2D eigenvalue weighted by Gasteiger charge is 2.08. The predicted molar refractivity (Wildman–Crippen MR) is 65.5 cm³/mol. The van der Waals surface area contributed by atoms with E-state index in [-0.39, 0.29) is 5.69 Å². The summed E-state index contributed by atoms with van der Waals surface area (Å²) < 4.78 is 25.7. The monoisotopic (exact) mass is 258 g/mol. The van der Waals surface area contributed by atoms with E-state index in [0.29, 0.717) is 11.1 Å². The molecule has 0 aliphatic carbocycles. The Labute approximate surface area is 108 Å². The molecule has 0 saturated carbocycles. The van der Waals surface area contributed by atoms with Gasteiger partial charge < -0.3 is 5.32 Å². The molecule has 0 aliphatic heterocycles. The topological polar surface area (TPSA) is 52.9 Å². The van der Waals surface area contributed by atoms with Crippen LogP contribution in [0.1, 0.15) is 15.9 Å². The summed E-state index contributed by atoms with van der Waals surface area (Å²) in [5, 5.41) is 11.1. The van der Waals surface area contributed by atoms with Gasteiger partial charge in [-0.2, -0.15) is 5.26 Å². The maximum Gasteiger partial charge on any atom is 0.255 e. The van der Waals surface area contributed by atoms with Gasteiger partial charge in [0.2, 0.25) is 0 Å². The average molecular weight is 258 g/mol. The first-order chi connectivity index (χ1) is 9.10. The summed E-state index contributed by atoms with van der Waals surface area (Å²) in [4.78, 5) is 11.8. The van der Waals surface area contributed by atoms with E-state index in [2.05, 4.69) is 5.32 Å². The Bertz CT molecular complexity index is 660. The minimum Gasteiger partial charge on any atom is -0.322 e. The minimum atomic E-state index is -1.03. The van der Waals surface area contributed by atoms with Crippen LogP contribution in [0.4, 0.5) is 14.5 Å². The van der Waals surface area contributed by atoms with Crippen LogP contribution in [0.2, 0.25) is 0 Å². The number of halogens is 2.